The first-order valence-corrected chi connectivity index (χ1v) is 8.08. The number of aliphatic hydroxyl groups is 1. The second kappa shape index (κ2) is 4.43. The molecule has 1 aliphatic heterocycles. The van der Waals surface area contributed by atoms with Crippen molar-refractivity contribution in [3.63, 3.8) is 0 Å². The van der Waals surface area contributed by atoms with Crippen LogP contribution in [-0.2, 0) is 28.9 Å². The van der Waals surface area contributed by atoms with Crippen molar-refractivity contribution in [3.05, 3.63) is 47.8 Å². The van der Waals surface area contributed by atoms with Gasteiger partial charge in [-0.25, -0.2) is 8.42 Å². The first kappa shape index (κ1) is 13.3. The number of aryl methyl sites for hydroxylation is 1. The van der Waals surface area contributed by atoms with Gasteiger partial charge in [0.2, 0.25) is 0 Å². The van der Waals surface area contributed by atoms with Gasteiger partial charge in [-0.3, -0.25) is 4.68 Å². The average Bonchev–Trinajstić information content (AvgIpc) is 2.81. The van der Waals surface area contributed by atoms with E-state index in [2.05, 4.69) is 5.10 Å². The van der Waals surface area contributed by atoms with Crippen molar-refractivity contribution in [2.24, 2.45) is 7.05 Å². The fourth-order valence-electron chi connectivity index (χ4n) is 2.75. The van der Waals surface area contributed by atoms with E-state index in [0.29, 0.717) is 12.0 Å². The third-order valence-corrected chi connectivity index (χ3v) is 5.53. The zero-order valence-corrected chi connectivity index (χ0v) is 12.0. The first-order chi connectivity index (χ1) is 9.41. The minimum atomic E-state index is -3.28. The summed E-state index contributed by atoms with van der Waals surface area (Å²) in [6, 6.07) is 6.71. The number of benzene rings is 1. The number of nitrogens with zero attached hydrogens (tertiary/aromatic N) is 2. The van der Waals surface area contributed by atoms with Crippen LogP contribution >= 0.6 is 0 Å². The van der Waals surface area contributed by atoms with Crippen LogP contribution in [0, 0.1) is 0 Å². The van der Waals surface area contributed by atoms with Gasteiger partial charge in [0.05, 0.1) is 22.4 Å². The van der Waals surface area contributed by atoms with E-state index in [1.165, 1.54) is 0 Å². The van der Waals surface area contributed by atoms with Crippen LogP contribution in [0.25, 0.3) is 0 Å². The van der Waals surface area contributed by atoms with Gasteiger partial charge in [-0.15, -0.1) is 0 Å². The summed E-state index contributed by atoms with van der Waals surface area (Å²) in [5, 5.41) is 15.0. The summed E-state index contributed by atoms with van der Waals surface area (Å²) in [5.74, 6) is -0.0270. The molecule has 0 fully saturated rings. The van der Waals surface area contributed by atoms with Crippen LogP contribution in [0.1, 0.15) is 17.5 Å². The van der Waals surface area contributed by atoms with Crippen molar-refractivity contribution >= 4 is 9.84 Å². The highest BCUT2D eigenvalue weighted by molar-refractivity contribution is 7.91. The molecule has 0 saturated heterocycles. The van der Waals surface area contributed by atoms with Gasteiger partial charge in [0.1, 0.15) is 0 Å². The Kier molecular flexibility index (Phi) is 2.95. The van der Waals surface area contributed by atoms with Gasteiger partial charge < -0.3 is 5.11 Å². The topological polar surface area (TPSA) is 72.2 Å². The Morgan fingerprint density at radius 2 is 2.15 bits per heavy atom. The summed E-state index contributed by atoms with van der Waals surface area (Å²) < 4.78 is 25.9. The van der Waals surface area contributed by atoms with Crippen molar-refractivity contribution in [2.75, 3.05) is 5.75 Å². The highest BCUT2D eigenvalue weighted by atomic mass is 32.2. The lowest BCUT2D eigenvalue weighted by Crippen LogP contribution is -2.37. The molecule has 0 bridgehead atoms. The number of hydrogen-bond acceptors (Lipinski definition) is 4. The quantitative estimate of drug-likeness (QED) is 0.897. The van der Waals surface area contributed by atoms with Crippen LogP contribution in [0.2, 0.25) is 0 Å². The smallest absolute Gasteiger partial charge is 0.178 e. The number of fused-ring (bicyclic) bond motifs is 1. The standard InChI is InChI=1S/C14H16N2O3S/c1-16-10-11(9-15-16)8-14(17)6-7-20(18,19)13-5-3-2-4-12(13)14/h2-5,9-10,17H,6-8H2,1H3. The summed E-state index contributed by atoms with van der Waals surface area (Å²) in [6.07, 6.45) is 4.11. The lowest BCUT2D eigenvalue weighted by molar-refractivity contribution is 0.0283. The molecule has 1 aromatic heterocycles. The van der Waals surface area contributed by atoms with Gasteiger partial charge in [0.25, 0.3) is 0 Å². The van der Waals surface area contributed by atoms with Crippen molar-refractivity contribution in [1.29, 1.82) is 0 Å². The third kappa shape index (κ3) is 2.14. The van der Waals surface area contributed by atoms with Crippen LogP contribution < -0.4 is 0 Å². The molecule has 5 nitrogen and oxygen atoms in total. The molecule has 0 aliphatic carbocycles. The molecule has 0 radical (unpaired) electrons. The summed E-state index contributed by atoms with van der Waals surface area (Å²) in [7, 11) is -1.47. The fourth-order valence-corrected chi connectivity index (χ4v) is 4.46. The fraction of sp³-hybridized carbons (Fsp3) is 0.357. The summed E-state index contributed by atoms with van der Waals surface area (Å²) >= 11 is 0. The molecule has 0 saturated carbocycles. The van der Waals surface area contributed by atoms with E-state index in [1.54, 1.807) is 35.1 Å². The molecule has 0 amide bonds. The predicted octanol–water partition coefficient (Wildman–Crippen LogP) is 1.03. The molecule has 2 aromatic rings. The SMILES string of the molecule is Cn1cc(CC2(O)CCS(=O)(=O)c3ccccc32)cn1. The highest BCUT2D eigenvalue weighted by Crippen LogP contribution is 2.38. The Hall–Kier alpha value is -1.66. The average molecular weight is 292 g/mol. The van der Waals surface area contributed by atoms with Crippen LogP contribution in [-0.4, -0.2) is 29.1 Å². The predicted molar refractivity (Wildman–Crippen MR) is 73.9 cm³/mol. The Morgan fingerprint density at radius 1 is 1.40 bits per heavy atom. The lowest BCUT2D eigenvalue weighted by atomic mass is 9.85. The van der Waals surface area contributed by atoms with Crippen molar-refractivity contribution in [1.82, 2.24) is 9.78 Å². The van der Waals surface area contributed by atoms with Gasteiger partial charge in [-0.2, -0.15) is 5.10 Å². The Bertz CT molecular complexity index is 751. The zero-order valence-electron chi connectivity index (χ0n) is 11.2. The van der Waals surface area contributed by atoms with E-state index in [-0.39, 0.29) is 17.1 Å². The van der Waals surface area contributed by atoms with Crippen LogP contribution in [0.3, 0.4) is 0 Å². The van der Waals surface area contributed by atoms with Crippen LogP contribution in [0.4, 0.5) is 0 Å². The Morgan fingerprint density at radius 3 is 2.85 bits per heavy atom. The molecule has 1 N–H and O–H groups in total. The van der Waals surface area contributed by atoms with Crippen molar-refractivity contribution < 1.29 is 13.5 Å². The Balaban J connectivity index is 2.06. The van der Waals surface area contributed by atoms with Crippen LogP contribution in [0.15, 0.2) is 41.6 Å². The van der Waals surface area contributed by atoms with E-state index in [0.717, 1.165) is 5.56 Å². The minimum Gasteiger partial charge on any atom is -0.385 e. The van der Waals surface area contributed by atoms with Gasteiger partial charge in [0, 0.05) is 25.2 Å². The van der Waals surface area contributed by atoms with Gasteiger partial charge in [0.15, 0.2) is 9.84 Å². The second-order valence-electron chi connectivity index (χ2n) is 5.30. The number of aromatic nitrogens is 2. The Labute approximate surface area is 117 Å². The van der Waals surface area contributed by atoms with E-state index in [4.69, 9.17) is 0 Å². The van der Waals surface area contributed by atoms with E-state index in [1.807, 2.05) is 13.2 Å². The van der Waals surface area contributed by atoms with E-state index < -0.39 is 15.4 Å². The molecule has 106 valence electrons. The van der Waals surface area contributed by atoms with Gasteiger partial charge in [-0.05, 0) is 18.1 Å². The molecule has 2 heterocycles. The molecule has 1 unspecified atom stereocenters. The number of sulfone groups is 1. The third-order valence-electron chi connectivity index (χ3n) is 3.76. The minimum absolute atomic E-state index is 0.0270. The number of rotatable bonds is 2. The first-order valence-electron chi connectivity index (χ1n) is 6.43. The molecular weight excluding hydrogens is 276 g/mol. The van der Waals surface area contributed by atoms with Crippen molar-refractivity contribution in [2.45, 2.75) is 23.3 Å². The van der Waals surface area contributed by atoms with E-state index >= 15 is 0 Å². The molecule has 1 aliphatic rings. The maximum atomic E-state index is 12.1. The summed E-state index contributed by atoms with van der Waals surface area (Å²) in [6.45, 7) is 0. The monoisotopic (exact) mass is 292 g/mol. The van der Waals surface area contributed by atoms with Gasteiger partial charge in [-0.1, -0.05) is 18.2 Å². The van der Waals surface area contributed by atoms with Gasteiger partial charge >= 0.3 is 0 Å². The summed E-state index contributed by atoms with van der Waals surface area (Å²) in [4.78, 5) is 0.248. The summed E-state index contributed by atoms with van der Waals surface area (Å²) in [5.41, 5.74) is 0.240. The lowest BCUT2D eigenvalue weighted by Gasteiger charge is -2.34. The van der Waals surface area contributed by atoms with Crippen LogP contribution in [0.5, 0.6) is 0 Å². The molecule has 1 aromatic carbocycles. The van der Waals surface area contributed by atoms with E-state index in [9.17, 15) is 13.5 Å². The maximum Gasteiger partial charge on any atom is 0.178 e. The zero-order chi connectivity index (χ0) is 14.4. The molecule has 0 spiro atoms. The molecule has 1 atom stereocenters. The highest BCUT2D eigenvalue weighted by Gasteiger charge is 2.40. The number of hydrogen-bond donors (Lipinski definition) is 1. The van der Waals surface area contributed by atoms with Crippen molar-refractivity contribution in [3.8, 4) is 0 Å². The molecule has 20 heavy (non-hydrogen) atoms. The molecular formula is C14H16N2O3S. The second-order valence-corrected chi connectivity index (χ2v) is 7.37. The largest absolute Gasteiger partial charge is 0.385 e. The maximum absolute atomic E-state index is 12.1. The molecule has 3 rings (SSSR count). The normalized spacial score (nSPS) is 24.3. The molecule has 6 heteroatoms.